The zero-order valence-electron chi connectivity index (χ0n) is 16.8. The number of ether oxygens (including phenoxy) is 1. The van der Waals surface area contributed by atoms with Gasteiger partial charge in [-0.05, 0) is 43.7 Å². The number of nitrogens with one attached hydrogen (secondary N) is 2. The van der Waals surface area contributed by atoms with Crippen LogP contribution in [0.1, 0.15) is 35.8 Å². The molecule has 0 bridgehead atoms. The molecule has 0 fully saturated rings. The first-order valence-electron chi connectivity index (χ1n) is 9.62. The number of para-hydroxylation sites is 2. The SMILES string of the molecule is C[C@@H](Oc1ccccc1Cl)C(=O)Nc1ccccc1C(=O)N[C@H](C)c1ccccc1. The molecule has 30 heavy (non-hydrogen) atoms. The van der Waals surface area contributed by atoms with E-state index in [1.54, 1.807) is 55.5 Å². The summed E-state index contributed by atoms with van der Waals surface area (Å²) in [6, 6.07) is 23.3. The normalized spacial score (nSPS) is 12.5. The van der Waals surface area contributed by atoms with Crippen LogP contribution in [0.3, 0.4) is 0 Å². The molecule has 0 spiro atoms. The lowest BCUT2D eigenvalue weighted by Crippen LogP contribution is -2.32. The first-order valence-corrected chi connectivity index (χ1v) is 10.0. The lowest BCUT2D eigenvalue weighted by Gasteiger charge is -2.18. The van der Waals surface area contributed by atoms with Gasteiger partial charge >= 0.3 is 0 Å². The highest BCUT2D eigenvalue weighted by molar-refractivity contribution is 6.32. The van der Waals surface area contributed by atoms with Gasteiger partial charge in [0.15, 0.2) is 6.10 Å². The van der Waals surface area contributed by atoms with Crippen molar-refractivity contribution >= 4 is 29.1 Å². The van der Waals surface area contributed by atoms with Crippen LogP contribution in [0.5, 0.6) is 5.75 Å². The lowest BCUT2D eigenvalue weighted by atomic mass is 10.1. The van der Waals surface area contributed by atoms with Crippen molar-refractivity contribution in [2.45, 2.75) is 26.0 Å². The molecule has 0 aliphatic rings. The molecule has 5 nitrogen and oxygen atoms in total. The van der Waals surface area contributed by atoms with Gasteiger partial charge in [-0.25, -0.2) is 0 Å². The molecule has 154 valence electrons. The minimum Gasteiger partial charge on any atom is -0.479 e. The summed E-state index contributed by atoms with van der Waals surface area (Å²) in [5.41, 5.74) is 1.78. The van der Waals surface area contributed by atoms with Gasteiger partial charge in [0.1, 0.15) is 5.75 Å². The lowest BCUT2D eigenvalue weighted by molar-refractivity contribution is -0.122. The maximum absolute atomic E-state index is 12.8. The number of carbonyl (C=O) groups excluding carboxylic acids is 2. The second-order valence-corrected chi connectivity index (χ2v) is 7.24. The second-order valence-electron chi connectivity index (χ2n) is 6.83. The average Bonchev–Trinajstić information content (AvgIpc) is 2.76. The first kappa shape index (κ1) is 21.4. The molecule has 0 heterocycles. The quantitative estimate of drug-likeness (QED) is 0.547. The Morgan fingerprint density at radius 1 is 0.867 bits per heavy atom. The number of benzene rings is 3. The van der Waals surface area contributed by atoms with E-state index >= 15 is 0 Å². The molecule has 0 aliphatic carbocycles. The summed E-state index contributed by atoms with van der Waals surface area (Å²) in [7, 11) is 0. The predicted molar refractivity (Wildman–Crippen MR) is 119 cm³/mol. The molecule has 0 saturated heterocycles. The van der Waals surface area contributed by atoms with Crippen LogP contribution in [0.15, 0.2) is 78.9 Å². The topological polar surface area (TPSA) is 67.4 Å². The minimum absolute atomic E-state index is 0.176. The van der Waals surface area contributed by atoms with E-state index in [1.165, 1.54) is 0 Å². The van der Waals surface area contributed by atoms with Gasteiger partial charge < -0.3 is 15.4 Å². The molecule has 2 atom stereocenters. The van der Waals surface area contributed by atoms with Gasteiger partial charge in [0.05, 0.1) is 22.3 Å². The number of hydrogen-bond acceptors (Lipinski definition) is 3. The zero-order valence-corrected chi connectivity index (χ0v) is 17.5. The number of carbonyl (C=O) groups is 2. The minimum atomic E-state index is -0.802. The summed E-state index contributed by atoms with van der Waals surface area (Å²) in [5.74, 6) is -0.238. The van der Waals surface area contributed by atoms with Gasteiger partial charge in [0.2, 0.25) is 0 Å². The van der Waals surface area contributed by atoms with Crippen LogP contribution in [-0.2, 0) is 4.79 Å². The number of halogens is 1. The Bertz CT molecular complexity index is 1020. The summed E-state index contributed by atoms with van der Waals surface area (Å²) in [5, 5.41) is 6.16. The van der Waals surface area contributed by atoms with E-state index in [4.69, 9.17) is 16.3 Å². The van der Waals surface area contributed by atoms with Crippen molar-refractivity contribution in [1.82, 2.24) is 5.32 Å². The molecule has 0 radical (unpaired) electrons. The van der Waals surface area contributed by atoms with Crippen LogP contribution in [0.4, 0.5) is 5.69 Å². The highest BCUT2D eigenvalue weighted by Gasteiger charge is 2.20. The number of rotatable bonds is 7. The van der Waals surface area contributed by atoms with Gasteiger partial charge in [0.25, 0.3) is 11.8 Å². The Labute approximate surface area is 181 Å². The fourth-order valence-electron chi connectivity index (χ4n) is 2.91. The first-order chi connectivity index (χ1) is 14.5. The summed E-state index contributed by atoms with van der Waals surface area (Å²) >= 11 is 6.09. The van der Waals surface area contributed by atoms with Crippen LogP contribution in [0.25, 0.3) is 0 Å². The third kappa shape index (κ3) is 5.39. The van der Waals surface area contributed by atoms with Crippen molar-refractivity contribution < 1.29 is 14.3 Å². The van der Waals surface area contributed by atoms with Crippen molar-refractivity contribution in [2.24, 2.45) is 0 Å². The number of hydrogen-bond donors (Lipinski definition) is 2. The Kier molecular flexibility index (Phi) is 7.09. The maximum atomic E-state index is 12.8. The summed E-state index contributed by atoms with van der Waals surface area (Å²) < 4.78 is 5.66. The molecule has 0 aromatic heterocycles. The molecule has 0 saturated carbocycles. The predicted octanol–water partition coefficient (Wildman–Crippen LogP) is 5.24. The van der Waals surface area contributed by atoms with Crippen LogP contribution in [-0.4, -0.2) is 17.9 Å². The van der Waals surface area contributed by atoms with Gasteiger partial charge in [-0.3, -0.25) is 9.59 Å². The van der Waals surface area contributed by atoms with Crippen LogP contribution >= 0.6 is 11.6 Å². The molecule has 2 amide bonds. The van der Waals surface area contributed by atoms with E-state index in [2.05, 4.69) is 10.6 Å². The Hall–Kier alpha value is -3.31. The van der Waals surface area contributed by atoms with Gasteiger partial charge in [-0.1, -0.05) is 66.2 Å². The third-order valence-electron chi connectivity index (χ3n) is 4.59. The van der Waals surface area contributed by atoms with Crippen molar-refractivity contribution in [1.29, 1.82) is 0 Å². The van der Waals surface area contributed by atoms with E-state index in [0.717, 1.165) is 5.56 Å². The van der Waals surface area contributed by atoms with Gasteiger partial charge in [0, 0.05) is 0 Å². The highest BCUT2D eigenvalue weighted by atomic mass is 35.5. The molecule has 0 aliphatic heterocycles. The summed E-state index contributed by atoms with van der Waals surface area (Å²) in [6.07, 6.45) is -0.802. The Balaban J connectivity index is 1.69. The van der Waals surface area contributed by atoms with Crippen molar-refractivity contribution in [2.75, 3.05) is 5.32 Å². The smallest absolute Gasteiger partial charge is 0.265 e. The van der Waals surface area contributed by atoms with Crippen molar-refractivity contribution in [3.05, 3.63) is 95.0 Å². The molecule has 3 rings (SSSR count). The van der Waals surface area contributed by atoms with Crippen LogP contribution in [0, 0.1) is 0 Å². The summed E-state index contributed by atoms with van der Waals surface area (Å²) in [4.78, 5) is 25.5. The van der Waals surface area contributed by atoms with Gasteiger partial charge in [-0.15, -0.1) is 0 Å². The molecular weight excluding hydrogens is 400 g/mol. The summed E-state index contributed by atoms with van der Waals surface area (Å²) in [6.45, 7) is 3.53. The van der Waals surface area contributed by atoms with Crippen molar-refractivity contribution in [3.8, 4) is 5.75 Å². The monoisotopic (exact) mass is 422 g/mol. The average molecular weight is 423 g/mol. The third-order valence-corrected chi connectivity index (χ3v) is 4.90. The fourth-order valence-corrected chi connectivity index (χ4v) is 3.09. The molecule has 3 aromatic carbocycles. The number of amides is 2. The molecular formula is C24H23ClN2O3. The van der Waals surface area contributed by atoms with E-state index < -0.39 is 6.10 Å². The van der Waals surface area contributed by atoms with E-state index in [-0.39, 0.29) is 17.9 Å². The van der Waals surface area contributed by atoms with E-state index in [9.17, 15) is 9.59 Å². The molecule has 3 aromatic rings. The molecule has 2 N–H and O–H groups in total. The van der Waals surface area contributed by atoms with Crippen molar-refractivity contribution in [3.63, 3.8) is 0 Å². The van der Waals surface area contributed by atoms with Crippen LogP contribution in [0.2, 0.25) is 5.02 Å². The van der Waals surface area contributed by atoms with Crippen LogP contribution < -0.4 is 15.4 Å². The highest BCUT2D eigenvalue weighted by Crippen LogP contribution is 2.25. The van der Waals surface area contributed by atoms with E-state index in [0.29, 0.717) is 22.0 Å². The zero-order chi connectivity index (χ0) is 21.5. The molecule has 6 heteroatoms. The number of anilines is 1. The molecule has 0 unspecified atom stereocenters. The maximum Gasteiger partial charge on any atom is 0.265 e. The fraction of sp³-hybridized carbons (Fsp3) is 0.167. The van der Waals surface area contributed by atoms with Gasteiger partial charge in [-0.2, -0.15) is 0 Å². The second kappa shape index (κ2) is 9.94. The standard InChI is InChI=1S/C24H23ClN2O3/c1-16(18-10-4-3-5-11-18)26-24(29)19-12-6-8-14-21(19)27-23(28)17(2)30-22-15-9-7-13-20(22)25/h3-17H,1-2H3,(H,26,29)(H,27,28)/t16-,17-/m1/s1. The Morgan fingerprint density at radius 2 is 1.50 bits per heavy atom. The largest absolute Gasteiger partial charge is 0.479 e. The van der Waals surface area contributed by atoms with E-state index in [1.807, 2.05) is 37.3 Å². The Morgan fingerprint density at radius 3 is 2.23 bits per heavy atom.